The van der Waals surface area contributed by atoms with Crippen LogP contribution in [0.4, 0.5) is 5.82 Å². The van der Waals surface area contributed by atoms with E-state index in [9.17, 15) is 4.79 Å². The fraction of sp³-hybridized carbons (Fsp3) is 0.238. The molecule has 3 aromatic rings. The zero-order valence-electron chi connectivity index (χ0n) is 15.9. The second kappa shape index (κ2) is 7.57. The lowest BCUT2D eigenvalue weighted by Crippen LogP contribution is -2.28. The van der Waals surface area contributed by atoms with E-state index in [1.807, 2.05) is 0 Å². The molecule has 0 saturated heterocycles. The number of methoxy groups -OCH3 is 1. The SMILES string of the molecule is CNc1ncc(C#Cc2ccc(OC)cn2)c2c(Cl)c(C3(NC=O)CC3)ncc12. The van der Waals surface area contributed by atoms with Gasteiger partial charge in [-0.2, -0.15) is 0 Å². The van der Waals surface area contributed by atoms with Crippen molar-refractivity contribution in [1.82, 2.24) is 20.3 Å². The highest BCUT2D eigenvalue weighted by molar-refractivity contribution is 6.37. The van der Waals surface area contributed by atoms with Crippen LogP contribution in [-0.4, -0.2) is 35.5 Å². The van der Waals surface area contributed by atoms with Crippen LogP contribution in [0.25, 0.3) is 10.8 Å². The average molecular weight is 408 g/mol. The summed E-state index contributed by atoms with van der Waals surface area (Å²) in [6.45, 7) is 0. The maximum absolute atomic E-state index is 11.0. The molecule has 1 saturated carbocycles. The Balaban J connectivity index is 1.85. The van der Waals surface area contributed by atoms with Crippen LogP contribution < -0.4 is 15.4 Å². The van der Waals surface area contributed by atoms with E-state index in [4.69, 9.17) is 16.3 Å². The molecule has 3 heterocycles. The Morgan fingerprint density at radius 1 is 1.17 bits per heavy atom. The summed E-state index contributed by atoms with van der Waals surface area (Å²) in [5.74, 6) is 7.48. The number of anilines is 1. The molecular weight excluding hydrogens is 390 g/mol. The number of ether oxygens (including phenoxy) is 1. The van der Waals surface area contributed by atoms with E-state index < -0.39 is 5.54 Å². The second-order valence-corrected chi connectivity index (χ2v) is 7.04. The summed E-state index contributed by atoms with van der Waals surface area (Å²) >= 11 is 6.78. The molecule has 3 aromatic heterocycles. The fourth-order valence-electron chi connectivity index (χ4n) is 3.21. The van der Waals surface area contributed by atoms with E-state index in [-0.39, 0.29) is 0 Å². The molecule has 1 aliphatic rings. The zero-order valence-corrected chi connectivity index (χ0v) is 16.7. The summed E-state index contributed by atoms with van der Waals surface area (Å²) in [6, 6.07) is 3.58. The molecule has 146 valence electrons. The molecule has 0 aromatic carbocycles. The van der Waals surface area contributed by atoms with Gasteiger partial charge in [0.2, 0.25) is 6.41 Å². The third kappa shape index (κ3) is 3.43. The minimum absolute atomic E-state index is 0.472. The summed E-state index contributed by atoms with van der Waals surface area (Å²) in [5, 5.41) is 7.89. The number of aromatic nitrogens is 3. The quantitative estimate of drug-likeness (QED) is 0.499. The van der Waals surface area contributed by atoms with E-state index in [1.54, 1.807) is 44.9 Å². The number of pyridine rings is 3. The van der Waals surface area contributed by atoms with Gasteiger partial charge in [-0.1, -0.05) is 17.5 Å². The van der Waals surface area contributed by atoms with E-state index in [1.165, 1.54) is 0 Å². The zero-order chi connectivity index (χ0) is 20.4. The Morgan fingerprint density at radius 2 is 2.00 bits per heavy atom. The van der Waals surface area contributed by atoms with Gasteiger partial charge in [-0.15, -0.1) is 0 Å². The Labute approximate surface area is 172 Å². The summed E-state index contributed by atoms with van der Waals surface area (Å²) in [4.78, 5) is 24.3. The van der Waals surface area contributed by atoms with Crippen LogP contribution >= 0.6 is 11.6 Å². The van der Waals surface area contributed by atoms with Crippen molar-refractivity contribution in [3.8, 4) is 17.6 Å². The van der Waals surface area contributed by atoms with Crippen molar-refractivity contribution in [3.63, 3.8) is 0 Å². The number of nitrogens with one attached hydrogen (secondary N) is 2. The van der Waals surface area contributed by atoms with Crippen LogP contribution in [-0.2, 0) is 10.3 Å². The first kappa shape index (κ1) is 19.0. The largest absolute Gasteiger partial charge is 0.495 e. The first-order chi connectivity index (χ1) is 14.1. The van der Waals surface area contributed by atoms with Crippen LogP contribution in [0.15, 0.2) is 30.7 Å². The van der Waals surface area contributed by atoms with Gasteiger partial charge < -0.3 is 15.4 Å². The highest BCUT2D eigenvalue weighted by atomic mass is 35.5. The van der Waals surface area contributed by atoms with Crippen molar-refractivity contribution in [1.29, 1.82) is 0 Å². The molecule has 0 radical (unpaired) electrons. The third-order valence-corrected chi connectivity index (χ3v) is 5.31. The van der Waals surface area contributed by atoms with Crippen molar-refractivity contribution in [2.24, 2.45) is 0 Å². The molecule has 8 heteroatoms. The molecule has 0 unspecified atom stereocenters. The number of carbonyl (C=O) groups is 1. The first-order valence-corrected chi connectivity index (χ1v) is 9.38. The van der Waals surface area contributed by atoms with Gasteiger partial charge in [-0.05, 0) is 30.9 Å². The van der Waals surface area contributed by atoms with Gasteiger partial charge >= 0.3 is 0 Å². The molecule has 0 aliphatic heterocycles. The van der Waals surface area contributed by atoms with Gasteiger partial charge in [-0.3, -0.25) is 9.78 Å². The fourth-order valence-corrected chi connectivity index (χ4v) is 3.65. The van der Waals surface area contributed by atoms with Crippen molar-refractivity contribution in [2.75, 3.05) is 19.5 Å². The molecule has 2 N–H and O–H groups in total. The predicted octanol–water partition coefficient (Wildman–Crippen LogP) is 2.86. The highest BCUT2D eigenvalue weighted by Crippen LogP contribution is 2.48. The molecule has 1 aliphatic carbocycles. The van der Waals surface area contributed by atoms with Crippen molar-refractivity contribution < 1.29 is 9.53 Å². The van der Waals surface area contributed by atoms with Gasteiger partial charge in [0.05, 0.1) is 35.1 Å². The topological polar surface area (TPSA) is 89.0 Å². The Hall–Kier alpha value is -3.37. The summed E-state index contributed by atoms with van der Waals surface area (Å²) in [6.07, 6.45) is 7.29. The van der Waals surface area contributed by atoms with E-state index in [2.05, 4.69) is 37.4 Å². The Morgan fingerprint density at radius 3 is 2.62 bits per heavy atom. The molecule has 0 spiro atoms. The van der Waals surface area contributed by atoms with E-state index in [0.29, 0.717) is 40.0 Å². The third-order valence-electron chi connectivity index (χ3n) is 4.94. The van der Waals surface area contributed by atoms with Crippen molar-refractivity contribution >= 4 is 34.6 Å². The van der Waals surface area contributed by atoms with Crippen LogP contribution in [0, 0.1) is 11.8 Å². The number of nitrogens with zero attached hydrogens (tertiary/aromatic N) is 3. The number of fused-ring (bicyclic) bond motifs is 1. The Kier molecular flexibility index (Phi) is 4.95. The molecule has 0 bridgehead atoms. The maximum Gasteiger partial charge on any atom is 0.207 e. The van der Waals surface area contributed by atoms with Gasteiger partial charge in [0.15, 0.2) is 0 Å². The lowest BCUT2D eigenvalue weighted by molar-refractivity contribution is -0.110. The predicted molar refractivity (Wildman–Crippen MR) is 111 cm³/mol. The standard InChI is InChI=1S/C21H18ClN5O2/c1-23-20-16-11-25-19(21(7-8-21)27-12-28)18(22)17(16)13(9-26-20)3-4-14-5-6-15(29-2)10-24-14/h5-6,9-12H,7-8H2,1-2H3,(H,23,26)(H,27,28). The molecule has 7 nitrogen and oxygen atoms in total. The molecule has 0 atom stereocenters. The minimum atomic E-state index is -0.502. The van der Waals surface area contributed by atoms with Crippen LogP contribution in [0.3, 0.4) is 0 Å². The van der Waals surface area contributed by atoms with Gasteiger partial charge in [0.25, 0.3) is 0 Å². The number of rotatable bonds is 5. The number of amides is 1. The van der Waals surface area contributed by atoms with Crippen LogP contribution in [0.5, 0.6) is 5.75 Å². The van der Waals surface area contributed by atoms with Gasteiger partial charge in [0.1, 0.15) is 17.3 Å². The van der Waals surface area contributed by atoms with Crippen molar-refractivity contribution in [3.05, 3.63) is 52.7 Å². The first-order valence-electron chi connectivity index (χ1n) is 9.00. The van der Waals surface area contributed by atoms with E-state index in [0.717, 1.165) is 23.6 Å². The lowest BCUT2D eigenvalue weighted by atomic mass is 10.0. The lowest BCUT2D eigenvalue weighted by Gasteiger charge is -2.17. The molecular formula is C21H18ClN5O2. The van der Waals surface area contributed by atoms with Crippen LogP contribution in [0.2, 0.25) is 5.02 Å². The molecule has 29 heavy (non-hydrogen) atoms. The highest BCUT2D eigenvalue weighted by Gasteiger charge is 2.47. The minimum Gasteiger partial charge on any atom is -0.495 e. The Bertz CT molecular complexity index is 1150. The maximum atomic E-state index is 11.0. The normalized spacial score (nSPS) is 13.9. The summed E-state index contributed by atoms with van der Waals surface area (Å²) < 4.78 is 5.12. The number of hydrogen-bond acceptors (Lipinski definition) is 6. The second-order valence-electron chi connectivity index (χ2n) is 6.66. The molecule has 1 amide bonds. The number of hydrogen-bond donors (Lipinski definition) is 2. The monoisotopic (exact) mass is 407 g/mol. The molecule has 4 rings (SSSR count). The van der Waals surface area contributed by atoms with Crippen LogP contribution in [0.1, 0.15) is 29.8 Å². The molecule has 1 fully saturated rings. The van der Waals surface area contributed by atoms with E-state index >= 15 is 0 Å². The van der Waals surface area contributed by atoms with Gasteiger partial charge in [0, 0.05) is 30.2 Å². The van der Waals surface area contributed by atoms with Gasteiger partial charge in [-0.25, -0.2) is 9.97 Å². The van der Waals surface area contributed by atoms with Crippen molar-refractivity contribution in [2.45, 2.75) is 18.4 Å². The summed E-state index contributed by atoms with van der Waals surface area (Å²) in [7, 11) is 3.37. The number of halogens is 1. The number of carbonyl (C=O) groups excluding carboxylic acids is 1. The average Bonchev–Trinajstić information content (AvgIpc) is 3.53. The summed E-state index contributed by atoms with van der Waals surface area (Å²) in [5.41, 5.74) is 1.41. The smallest absolute Gasteiger partial charge is 0.207 e.